The van der Waals surface area contributed by atoms with E-state index in [1.165, 1.54) is 0 Å². The van der Waals surface area contributed by atoms with Gasteiger partial charge in [0.2, 0.25) is 0 Å². The average Bonchev–Trinajstić information content (AvgIpc) is 2.81. The van der Waals surface area contributed by atoms with Crippen molar-refractivity contribution in [3.8, 4) is 0 Å². The van der Waals surface area contributed by atoms with E-state index in [0.717, 1.165) is 28.8 Å². The van der Waals surface area contributed by atoms with E-state index in [2.05, 4.69) is 5.32 Å². The third kappa shape index (κ3) is 2.38. The van der Waals surface area contributed by atoms with Crippen molar-refractivity contribution in [1.29, 1.82) is 0 Å². The molecule has 1 aliphatic rings. The van der Waals surface area contributed by atoms with Gasteiger partial charge in [0.05, 0.1) is 0 Å². The molecule has 21 heavy (non-hydrogen) atoms. The fourth-order valence-corrected chi connectivity index (χ4v) is 3.07. The minimum atomic E-state index is -1.06. The number of hydrogen-bond acceptors (Lipinski definition) is 2. The van der Waals surface area contributed by atoms with Crippen LogP contribution in [0.25, 0.3) is 0 Å². The Hall–Kier alpha value is -2.00. The largest absolute Gasteiger partial charge is 0.479 e. The molecule has 0 fully saturated rings. The second-order valence-electron chi connectivity index (χ2n) is 5.50. The number of anilines is 1. The number of fused-ring (bicyclic) bond motifs is 1. The predicted molar refractivity (Wildman–Crippen MR) is 83.9 cm³/mol. The second kappa shape index (κ2) is 5.08. The zero-order chi connectivity index (χ0) is 15.0. The number of carboxylic acids is 1. The van der Waals surface area contributed by atoms with Crippen molar-refractivity contribution in [3.05, 3.63) is 64.2 Å². The van der Waals surface area contributed by atoms with Crippen LogP contribution in [0.5, 0.6) is 0 Å². The molecule has 0 heterocycles. The van der Waals surface area contributed by atoms with Gasteiger partial charge in [-0.2, -0.15) is 0 Å². The Morgan fingerprint density at radius 3 is 2.62 bits per heavy atom. The van der Waals surface area contributed by atoms with Gasteiger partial charge in [-0.1, -0.05) is 35.4 Å². The monoisotopic (exact) mass is 301 g/mol. The highest BCUT2D eigenvalue weighted by atomic mass is 35.5. The molecule has 3 nitrogen and oxygen atoms in total. The Labute approximate surface area is 128 Å². The molecule has 108 valence electrons. The molecule has 1 aliphatic carbocycles. The molecule has 0 bridgehead atoms. The molecule has 0 saturated heterocycles. The number of hydrogen-bond donors (Lipinski definition) is 2. The summed E-state index contributed by atoms with van der Waals surface area (Å²) in [6.45, 7) is 1.98. The van der Waals surface area contributed by atoms with Crippen LogP contribution < -0.4 is 5.32 Å². The van der Waals surface area contributed by atoms with E-state index in [1.54, 1.807) is 24.3 Å². The van der Waals surface area contributed by atoms with E-state index in [-0.39, 0.29) is 0 Å². The maximum Gasteiger partial charge on any atom is 0.334 e. The molecule has 4 heteroatoms. The lowest BCUT2D eigenvalue weighted by atomic mass is 9.90. The van der Waals surface area contributed by atoms with Crippen LogP contribution in [0.1, 0.15) is 23.1 Å². The molecule has 0 spiro atoms. The number of carbonyl (C=O) groups is 1. The number of benzene rings is 2. The van der Waals surface area contributed by atoms with E-state index in [0.29, 0.717) is 11.4 Å². The second-order valence-corrected chi connectivity index (χ2v) is 5.94. The maximum atomic E-state index is 12.0. The summed E-state index contributed by atoms with van der Waals surface area (Å²) in [4.78, 5) is 12.0. The van der Waals surface area contributed by atoms with Gasteiger partial charge >= 0.3 is 5.97 Å². The molecule has 0 radical (unpaired) electrons. The molecular formula is C17H16ClNO2. The van der Waals surface area contributed by atoms with Crippen molar-refractivity contribution in [2.24, 2.45) is 0 Å². The van der Waals surface area contributed by atoms with Crippen molar-refractivity contribution in [2.45, 2.75) is 25.3 Å². The third-order valence-corrected chi connectivity index (χ3v) is 4.31. The highest BCUT2D eigenvalue weighted by molar-refractivity contribution is 6.30. The molecule has 2 aromatic rings. The first-order chi connectivity index (χ1) is 10.0. The zero-order valence-electron chi connectivity index (χ0n) is 11.7. The van der Waals surface area contributed by atoms with Crippen LogP contribution in [-0.4, -0.2) is 11.1 Å². The molecule has 0 aromatic heterocycles. The number of aryl methyl sites for hydroxylation is 2. The minimum absolute atomic E-state index is 0.545. The van der Waals surface area contributed by atoms with Gasteiger partial charge in [-0.25, -0.2) is 4.79 Å². The molecule has 0 amide bonds. The van der Waals surface area contributed by atoms with E-state index in [9.17, 15) is 9.90 Å². The highest BCUT2D eigenvalue weighted by Crippen LogP contribution is 2.40. The molecule has 0 aliphatic heterocycles. The number of nitrogens with one attached hydrogen (secondary N) is 1. The smallest absolute Gasteiger partial charge is 0.334 e. The lowest BCUT2D eigenvalue weighted by molar-refractivity contribution is -0.142. The Morgan fingerprint density at radius 1 is 1.24 bits per heavy atom. The van der Waals surface area contributed by atoms with Crippen LogP contribution in [0.3, 0.4) is 0 Å². The summed E-state index contributed by atoms with van der Waals surface area (Å²) in [5, 5.41) is 13.7. The lowest BCUT2D eigenvalue weighted by Gasteiger charge is -2.28. The highest BCUT2D eigenvalue weighted by Gasteiger charge is 2.45. The standard InChI is InChI=1S/C17H16ClNO2/c1-11-2-3-12-8-9-17(16(20)21,15(12)10-11)19-14-6-4-13(18)5-7-14/h2-7,10,19H,8-9H2,1H3,(H,20,21). The SMILES string of the molecule is Cc1ccc2c(c1)C(Nc1ccc(Cl)cc1)(C(=O)O)CC2. The van der Waals surface area contributed by atoms with Crippen molar-refractivity contribution in [3.63, 3.8) is 0 Å². The van der Waals surface area contributed by atoms with Gasteiger partial charge in [-0.15, -0.1) is 0 Å². The number of rotatable bonds is 3. The topological polar surface area (TPSA) is 49.3 Å². The fourth-order valence-electron chi connectivity index (χ4n) is 2.95. The molecule has 2 N–H and O–H groups in total. The summed E-state index contributed by atoms with van der Waals surface area (Å²) in [6, 6.07) is 13.1. The summed E-state index contributed by atoms with van der Waals surface area (Å²) in [6.07, 6.45) is 1.31. The van der Waals surface area contributed by atoms with Gasteiger partial charge in [0, 0.05) is 10.7 Å². The molecular weight excluding hydrogens is 286 g/mol. The van der Waals surface area contributed by atoms with E-state index >= 15 is 0 Å². The number of halogens is 1. The summed E-state index contributed by atoms with van der Waals surface area (Å²) >= 11 is 5.88. The first kappa shape index (κ1) is 14.0. The van der Waals surface area contributed by atoms with E-state index in [1.807, 2.05) is 25.1 Å². The Bertz CT molecular complexity index is 696. The summed E-state index contributed by atoms with van der Waals surface area (Å²) in [7, 11) is 0. The summed E-state index contributed by atoms with van der Waals surface area (Å²) < 4.78 is 0. The predicted octanol–water partition coefficient (Wildman–Crippen LogP) is 3.99. The van der Waals surface area contributed by atoms with Gasteiger partial charge in [0.15, 0.2) is 5.54 Å². The van der Waals surface area contributed by atoms with E-state index in [4.69, 9.17) is 11.6 Å². The Morgan fingerprint density at radius 2 is 1.95 bits per heavy atom. The van der Waals surface area contributed by atoms with Crippen LogP contribution in [0.2, 0.25) is 5.02 Å². The summed E-state index contributed by atoms with van der Waals surface area (Å²) in [5.41, 5.74) is 2.74. The molecule has 1 atom stereocenters. The molecule has 1 unspecified atom stereocenters. The number of carboxylic acid groups (broad SMARTS) is 1. The van der Waals surface area contributed by atoms with Gasteiger partial charge in [-0.05, 0) is 55.2 Å². The molecule has 3 rings (SSSR count). The normalized spacial score (nSPS) is 20.1. The van der Waals surface area contributed by atoms with Crippen LogP contribution in [0, 0.1) is 6.92 Å². The van der Waals surface area contributed by atoms with Gasteiger partial charge in [0.25, 0.3) is 0 Å². The third-order valence-electron chi connectivity index (χ3n) is 4.06. The van der Waals surface area contributed by atoms with Gasteiger partial charge in [0.1, 0.15) is 0 Å². The minimum Gasteiger partial charge on any atom is -0.479 e. The van der Waals surface area contributed by atoms with Gasteiger partial charge in [-0.3, -0.25) is 0 Å². The van der Waals surface area contributed by atoms with Crippen molar-refractivity contribution >= 4 is 23.3 Å². The summed E-state index contributed by atoms with van der Waals surface area (Å²) in [5.74, 6) is -0.846. The van der Waals surface area contributed by atoms with Gasteiger partial charge < -0.3 is 10.4 Å². The zero-order valence-corrected chi connectivity index (χ0v) is 12.4. The maximum absolute atomic E-state index is 12.0. The van der Waals surface area contributed by atoms with Crippen LogP contribution >= 0.6 is 11.6 Å². The number of aliphatic carboxylic acids is 1. The van der Waals surface area contributed by atoms with Crippen LogP contribution in [-0.2, 0) is 16.8 Å². The van der Waals surface area contributed by atoms with Crippen molar-refractivity contribution in [1.82, 2.24) is 0 Å². The fraction of sp³-hybridized carbons (Fsp3) is 0.235. The first-order valence-corrected chi connectivity index (χ1v) is 7.26. The van der Waals surface area contributed by atoms with E-state index < -0.39 is 11.5 Å². The lowest BCUT2D eigenvalue weighted by Crippen LogP contribution is -2.41. The molecule has 0 saturated carbocycles. The Kier molecular flexibility index (Phi) is 3.38. The van der Waals surface area contributed by atoms with Crippen LogP contribution in [0.4, 0.5) is 5.69 Å². The van der Waals surface area contributed by atoms with Crippen LogP contribution in [0.15, 0.2) is 42.5 Å². The first-order valence-electron chi connectivity index (χ1n) is 6.88. The average molecular weight is 302 g/mol. The quantitative estimate of drug-likeness (QED) is 0.901. The van der Waals surface area contributed by atoms with Crippen molar-refractivity contribution < 1.29 is 9.90 Å². The Balaban J connectivity index is 2.05. The molecule has 2 aromatic carbocycles. The van der Waals surface area contributed by atoms with Crippen molar-refractivity contribution in [2.75, 3.05) is 5.32 Å².